The van der Waals surface area contributed by atoms with Gasteiger partial charge >= 0.3 is 0 Å². The van der Waals surface area contributed by atoms with Crippen LogP contribution in [0.3, 0.4) is 0 Å². The van der Waals surface area contributed by atoms with E-state index in [0.29, 0.717) is 29.1 Å². The van der Waals surface area contributed by atoms with Gasteiger partial charge in [0.1, 0.15) is 11.6 Å². The first kappa shape index (κ1) is 14.5. The maximum Gasteiger partial charge on any atom is 0.276 e. The van der Waals surface area contributed by atoms with Gasteiger partial charge in [-0.05, 0) is 19.1 Å². The van der Waals surface area contributed by atoms with Crippen molar-refractivity contribution in [3.63, 3.8) is 0 Å². The van der Waals surface area contributed by atoms with Crippen LogP contribution in [-0.4, -0.2) is 16.5 Å². The summed E-state index contributed by atoms with van der Waals surface area (Å²) in [5, 5.41) is 16.9. The van der Waals surface area contributed by atoms with Crippen molar-refractivity contribution in [3.8, 4) is 0 Å². The number of anilines is 2. The first-order chi connectivity index (χ1) is 9.58. The summed E-state index contributed by atoms with van der Waals surface area (Å²) in [4.78, 5) is 15.8. The third-order valence-corrected chi connectivity index (χ3v) is 3.68. The first-order valence-corrected chi connectivity index (χ1v) is 7.16. The fourth-order valence-electron chi connectivity index (χ4n) is 1.61. The Morgan fingerprint density at radius 2 is 2.05 bits per heavy atom. The Morgan fingerprint density at radius 3 is 2.60 bits per heavy atom. The lowest BCUT2D eigenvalue weighted by Gasteiger charge is -2.07. The summed E-state index contributed by atoms with van der Waals surface area (Å²) in [6.45, 7) is 3.08. The summed E-state index contributed by atoms with van der Waals surface area (Å²) in [6.07, 6.45) is 0. The number of thiophene rings is 1. The molecule has 0 saturated carbocycles. The lowest BCUT2D eigenvalue weighted by atomic mass is 10.3. The monoisotopic (exact) mass is 312 g/mol. The van der Waals surface area contributed by atoms with Crippen LogP contribution in [0.5, 0.6) is 0 Å². The molecule has 2 aromatic heterocycles. The van der Waals surface area contributed by atoms with Gasteiger partial charge in [0.2, 0.25) is 0 Å². The Balaban J connectivity index is 2.15. The van der Waals surface area contributed by atoms with E-state index in [9.17, 15) is 10.1 Å². The molecule has 0 bridgehead atoms. The van der Waals surface area contributed by atoms with Crippen LogP contribution in [0.2, 0.25) is 4.34 Å². The number of halogens is 1. The van der Waals surface area contributed by atoms with E-state index >= 15 is 0 Å². The molecular weight excluding hydrogens is 300 g/mol. The van der Waals surface area contributed by atoms with Crippen LogP contribution in [0.15, 0.2) is 24.3 Å². The number of aromatic nitrogens is 1. The summed E-state index contributed by atoms with van der Waals surface area (Å²) in [7, 11) is 0. The van der Waals surface area contributed by atoms with E-state index in [1.54, 1.807) is 0 Å². The van der Waals surface area contributed by atoms with E-state index in [-0.39, 0.29) is 5.69 Å². The van der Waals surface area contributed by atoms with Gasteiger partial charge in [0.05, 0.1) is 27.9 Å². The third kappa shape index (κ3) is 3.82. The van der Waals surface area contributed by atoms with Crippen LogP contribution in [0.4, 0.5) is 17.3 Å². The lowest BCUT2D eigenvalue weighted by molar-refractivity contribution is -0.384. The summed E-state index contributed by atoms with van der Waals surface area (Å²) >= 11 is 7.31. The second-order valence-electron chi connectivity index (χ2n) is 3.94. The molecule has 0 aliphatic rings. The average molecular weight is 313 g/mol. The van der Waals surface area contributed by atoms with Crippen LogP contribution in [-0.2, 0) is 6.54 Å². The number of hydrogen-bond donors (Lipinski definition) is 2. The molecule has 0 unspecified atom stereocenters. The summed E-state index contributed by atoms with van der Waals surface area (Å²) in [5.41, 5.74) is 0.00246. The van der Waals surface area contributed by atoms with Crippen molar-refractivity contribution in [2.24, 2.45) is 0 Å². The van der Waals surface area contributed by atoms with Crippen molar-refractivity contribution in [1.82, 2.24) is 4.98 Å². The van der Waals surface area contributed by atoms with E-state index < -0.39 is 4.92 Å². The highest BCUT2D eigenvalue weighted by Crippen LogP contribution is 2.24. The van der Waals surface area contributed by atoms with Crippen molar-refractivity contribution in [2.75, 3.05) is 17.2 Å². The van der Waals surface area contributed by atoms with Crippen LogP contribution >= 0.6 is 22.9 Å². The van der Waals surface area contributed by atoms with Gasteiger partial charge in [0.25, 0.3) is 5.69 Å². The molecule has 20 heavy (non-hydrogen) atoms. The van der Waals surface area contributed by atoms with E-state index in [4.69, 9.17) is 11.6 Å². The molecule has 6 nitrogen and oxygen atoms in total. The zero-order chi connectivity index (χ0) is 14.5. The zero-order valence-corrected chi connectivity index (χ0v) is 12.3. The van der Waals surface area contributed by atoms with Gasteiger partial charge in [-0.2, -0.15) is 0 Å². The maximum absolute atomic E-state index is 10.9. The minimum Gasteiger partial charge on any atom is -0.370 e. The predicted molar refractivity (Wildman–Crippen MR) is 81.7 cm³/mol. The Bertz CT molecular complexity index is 617. The highest BCUT2D eigenvalue weighted by Gasteiger charge is 2.11. The zero-order valence-electron chi connectivity index (χ0n) is 10.7. The van der Waals surface area contributed by atoms with Crippen molar-refractivity contribution in [2.45, 2.75) is 13.5 Å². The Labute approximate surface area is 124 Å². The fourth-order valence-corrected chi connectivity index (χ4v) is 2.64. The van der Waals surface area contributed by atoms with Gasteiger partial charge in [0, 0.05) is 11.4 Å². The molecule has 0 aromatic carbocycles. The second kappa shape index (κ2) is 6.53. The summed E-state index contributed by atoms with van der Waals surface area (Å²) < 4.78 is 0.710. The average Bonchev–Trinajstić information content (AvgIpc) is 2.82. The van der Waals surface area contributed by atoms with Gasteiger partial charge in [-0.3, -0.25) is 10.1 Å². The number of nitrogens with zero attached hydrogens (tertiary/aromatic N) is 2. The molecule has 0 radical (unpaired) electrons. The van der Waals surface area contributed by atoms with Crippen LogP contribution < -0.4 is 10.6 Å². The van der Waals surface area contributed by atoms with E-state index in [1.165, 1.54) is 23.5 Å². The van der Waals surface area contributed by atoms with Crippen LogP contribution in [0, 0.1) is 10.1 Å². The number of pyridine rings is 1. The molecular formula is C12H13ClN4O2S. The molecule has 0 aliphatic heterocycles. The highest BCUT2D eigenvalue weighted by atomic mass is 35.5. The van der Waals surface area contributed by atoms with Crippen molar-refractivity contribution in [3.05, 3.63) is 43.6 Å². The SMILES string of the molecule is CCNc1cc([N+](=O)[O-])cc(NCc2ccc(Cl)s2)n1. The Hall–Kier alpha value is -1.86. The molecule has 0 aliphatic carbocycles. The molecule has 2 N–H and O–H groups in total. The molecule has 0 fully saturated rings. The predicted octanol–water partition coefficient (Wildman–Crippen LogP) is 3.75. The molecule has 0 atom stereocenters. The van der Waals surface area contributed by atoms with Gasteiger partial charge in [-0.1, -0.05) is 11.6 Å². The third-order valence-electron chi connectivity index (χ3n) is 2.45. The molecule has 2 heterocycles. The van der Waals surface area contributed by atoms with Crippen molar-refractivity contribution >= 4 is 40.3 Å². The molecule has 0 spiro atoms. The van der Waals surface area contributed by atoms with E-state index in [0.717, 1.165) is 4.88 Å². The number of nitrogens with one attached hydrogen (secondary N) is 2. The maximum atomic E-state index is 10.9. The second-order valence-corrected chi connectivity index (χ2v) is 5.74. The normalized spacial score (nSPS) is 10.3. The number of rotatable bonds is 6. The van der Waals surface area contributed by atoms with Crippen molar-refractivity contribution in [1.29, 1.82) is 0 Å². The molecule has 2 rings (SSSR count). The van der Waals surface area contributed by atoms with E-state index in [1.807, 2.05) is 19.1 Å². The van der Waals surface area contributed by atoms with Gasteiger partial charge in [-0.25, -0.2) is 4.98 Å². The smallest absolute Gasteiger partial charge is 0.276 e. The minimum atomic E-state index is -0.435. The van der Waals surface area contributed by atoms with Crippen molar-refractivity contribution < 1.29 is 4.92 Å². The van der Waals surface area contributed by atoms with Gasteiger partial charge < -0.3 is 10.6 Å². The summed E-state index contributed by atoms with van der Waals surface area (Å²) in [5.74, 6) is 0.938. The standard InChI is InChI=1S/C12H13ClN4O2S/c1-2-14-11-5-8(17(18)19)6-12(16-11)15-7-9-3-4-10(13)20-9/h3-6H,2,7H2,1H3,(H2,14,15,16). The Kier molecular flexibility index (Phi) is 4.75. The topological polar surface area (TPSA) is 80.1 Å². The molecule has 0 amide bonds. The molecule has 8 heteroatoms. The first-order valence-electron chi connectivity index (χ1n) is 5.97. The van der Waals surface area contributed by atoms with Crippen LogP contribution in [0.1, 0.15) is 11.8 Å². The van der Waals surface area contributed by atoms with Gasteiger partial charge in [0.15, 0.2) is 0 Å². The fraction of sp³-hybridized carbons (Fsp3) is 0.250. The van der Waals surface area contributed by atoms with E-state index in [2.05, 4.69) is 15.6 Å². The highest BCUT2D eigenvalue weighted by molar-refractivity contribution is 7.16. The summed E-state index contributed by atoms with van der Waals surface area (Å²) in [6, 6.07) is 6.55. The van der Waals surface area contributed by atoms with Crippen LogP contribution in [0.25, 0.3) is 0 Å². The number of hydrogen-bond acceptors (Lipinski definition) is 6. The molecule has 0 saturated heterocycles. The minimum absolute atomic E-state index is 0.00246. The molecule has 2 aromatic rings. The number of nitro groups is 1. The quantitative estimate of drug-likeness (QED) is 0.627. The largest absolute Gasteiger partial charge is 0.370 e. The van der Waals surface area contributed by atoms with Gasteiger partial charge in [-0.15, -0.1) is 11.3 Å². The molecule has 106 valence electrons. The Morgan fingerprint density at radius 1 is 1.35 bits per heavy atom. The lowest BCUT2D eigenvalue weighted by Crippen LogP contribution is -2.05.